The van der Waals surface area contributed by atoms with Gasteiger partial charge in [-0.25, -0.2) is 53.9 Å². The van der Waals surface area contributed by atoms with Gasteiger partial charge in [-0.2, -0.15) is 0 Å². The molecule has 2 unspecified atom stereocenters. The molecule has 0 saturated carbocycles. The van der Waals surface area contributed by atoms with E-state index in [0.717, 1.165) is 17.3 Å². The molecule has 1 amide bonds. The number of anilines is 2. The smallest absolute Gasteiger partial charge is 0.463 e. The van der Waals surface area contributed by atoms with Crippen LogP contribution in [0, 0.1) is 0 Å². The molecular weight excluding hydrogens is 1580 g/mol. The Morgan fingerprint density at radius 3 is 1.40 bits per heavy atom. The van der Waals surface area contributed by atoms with Crippen LogP contribution >= 0.6 is 81.2 Å². The summed E-state index contributed by atoms with van der Waals surface area (Å²) >= 11 is 41.8. The molecular formula is C75H79BCl7N13O15. The van der Waals surface area contributed by atoms with Crippen molar-refractivity contribution in [3.63, 3.8) is 0 Å². The number of H-pyrrole nitrogens is 2. The summed E-state index contributed by atoms with van der Waals surface area (Å²) in [6, 6.07) is 38.4. The van der Waals surface area contributed by atoms with Crippen LogP contribution in [-0.4, -0.2) is 188 Å². The average molecular weight is 1660 g/mol. The zero-order valence-electron chi connectivity index (χ0n) is 60.9. The van der Waals surface area contributed by atoms with E-state index in [-0.39, 0.29) is 48.2 Å². The van der Waals surface area contributed by atoms with E-state index in [4.69, 9.17) is 120 Å². The first kappa shape index (κ1) is 88.6. The van der Waals surface area contributed by atoms with Crippen molar-refractivity contribution in [2.24, 2.45) is 0 Å². The number of aromatic nitrogens is 8. The number of halogens is 7. The molecule has 12 rings (SSSR count). The molecule has 0 aliphatic carbocycles. The fraction of sp³-hybridized carbons (Fsp3) is 0.293. The Balaban J connectivity index is 0.000000194. The fourth-order valence-electron chi connectivity index (χ4n) is 10.1. The number of nitrogens with one attached hydrogen (secondary N) is 4. The fourth-order valence-corrected chi connectivity index (χ4v) is 11.7. The van der Waals surface area contributed by atoms with Crippen molar-refractivity contribution in [3.8, 4) is 33.8 Å². The SMILES string of the molecule is CC(C)N(Cc1ccccc1)C(=O)c1cnc(N2CCOCC2)nc1-c1ccccc1Cl.CCOC(=O)C1=CNC(Cl)NC1Cl.CCOC(=O)c1c[nH]c(=O)[nH]c1=O.CCOC(=O)c1cnc(Cl)nc1-c1ccccc1Cl.CCOC(=O)c1cnc(N2CCOCC2)nc1-c1ccccc1Cl.OB(O)c1ccccc1Cl. The molecule has 0 spiro atoms. The summed E-state index contributed by atoms with van der Waals surface area (Å²) in [6.07, 6.45) is 6.97. The van der Waals surface area contributed by atoms with Gasteiger partial charge in [-0.1, -0.05) is 161 Å². The molecule has 3 aliphatic rings. The van der Waals surface area contributed by atoms with Crippen molar-refractivity contribution in [2.75, 3.05) is 88.8 Å². The van der Waals surface area contributed by atoms with E-state index in [0.29, 0.717) is 148 Å². The van der Waals surface area contributed by atoms with Gasteiger partial charge in [0.1, 0.15) is 22.2 Å². The van der Waals surface area contributed by atoms with E-state index < -0.39 is 53.4 Å². The summed E-state index contributed by atoms with van der Waals surface area (Å²) in [7, 11) is -1.48. The summed E-state index contributed by atoms with van der Waals surface area (Å²) < 4.78 is 30.2. The van der Waals surface area contributed by atoms with Gasteiger partial charge in [-0.15, -0.1) is 11.6 Å². The third-order valence-corrected chi connectivity index (χ3v) is 17.7. The average Bonchev–Trinajstić information content (AvgIpc) is 0.798. The van der Waals surface area contributed by atoms with E-state index in [1.54, 1.807) is 88.5 Å². The van der Waals surface area contributed by atoms with Gasteiger partial charge in [0.25, 0.3) is 11.5 Å². The number of carbonyl (C=O) groups excluding carboxylic acids is 5. The number of hydrogen-bond donors (Lipinski definition) is 6. The first-order valence-electron chi connectivity index (χ1n) is 34.5. The van der Waals surface area contributed by atoms with Crippen molar-refractivity contribution >= 4 is 135 Å². The molecule has 7 heterocycles. The third kappa shape index (κ3) is 26.5. The highest BCUT2D eigenvalue weighted by Gasteiger charge is 2.29. The van der Waals surface area contributed by atoms with Crippen LogP contribution in [0.5, 0.6) is 0 Å². The number of esters is 4. The molecule has 9 aromatic rings. The number of ether oxygens (including phenoxy) is 6. The maximum Gasteiger partial charge on any atom is 0.489 e. The van der Waals surface area contributed by atoms with Crippen molar-refractivity contribution in [2.45, 2.75) is 65.3 Å². The van der Waals surface area contributed by atoms with Gasteiger partial charge in [0.2, 0.25) is 17.2 Å². The van der Waals surface area contributed by atoms with E-state index in [9.17, 15) is 33.6 Å². The minimum Gasteiger partial charge on any atom is -0.463 e. The topological polar surface area (TPSA) is 358 Å². The largest absolute Gasteiger partial charge is 0.489 e. The van der Waals surface area contributed by atoms with Crippen molar-refractivity contribution in [1.82, 2.24) is 55.4 Å². The number of morpholine rings is 2. The molecule has 28 nitrogen and oxygen atoms in total. The number of alkyl halides is 2. The summed E-state index contributed by atoms with van der Waals surface area (Å²) in [6.45, 7) is 17.8. The van der Waals surface area contributed by atoms with Gasteiger partial charge in [0.05, 0.1) is 81.1 Å². The van der Waals surface area contributed by atoms with Crippen molar-refractivity contribution in [3.05, 3.63) is 238 Å². The first-order valence-corrected chi connectivity index (χ1v) is 37.3. The summed E-state index contributed by atoms with van der Waals surface area (Å²) in [4.78, 5) is 118. The summed E-state index contributed by atoms with van der Waals surface area (Å²) in [5, 5.41) is 24.7. The van der Waals surface area contributed by atoms with Gasteiger partial charge < -0.3 is 63.5 Å². The second kappa shape index (κ2) is 45.7. The lowest BCUT2D eigenvalue weighted by Gasteiger charge is -2.29. The second-order valence-corrected chi connectivity index (χ2v) is 26.2. The highest BCUT2D eigenvalue weighted by Crippen LogP contribution is 2.34. The quantitative estimate of drug-likeness (QED) is 0.0116. The number of rotatable bonds is 18. The summed E-state index contributed by atoms with van der Waals surface area (Å²) in [5.74, 6) is -1.13. The number of benzene rings is 5. The van der Waals surface area contributed by atoms with Crippen LogP contribution < -0.4 is 37.1 Å². The maximum atomic E-state index is 13.8. The van der Waals surface area contributed by atoms with Crippen LogP contribution in [0.15, 0.2) is 174 Å². The van der Waals surface area contributed by atoms with Crippen LogP contribution in [0.1, 0.15) is 88.5 Å². The lowest BCUT2D eigenvalue weighted by Crippen LogP contribution is -2.46. The molecule has 4 aromatic heterocycles. The zero-order valence-corrected chi connectivity index (χ0v) is 66.2. The molecule has 2 saturated heterocycles. The summed E-state index contributed by atoms with van der Waals surface area (Å²) in [5.41, 5.74) is 3.46. The molecule has 586 valence electrons. The minimum atomic E-state index is -1.48. The van der Waals surface area contributed by atoms with Crippen LogP contribution in [0.3, 0.4) is 0 Å². The normalized spacial score (nSPS) is 14.1. The lowest BCUT2D eigenvalue weighted by molar-refractivity contribution is -0.138. The highest BCUT2D eigenvalue weighted by molar-refractivity contribution is 6.62. The third-order valence-electron chi connectivity index (χ3n) is 15.5. The predicted molar refractivity (Wildman–Crippen MR) is 427 cm³/mol. The van der Waals surface area contributed by atoms with Gasteiger partial charge >= 0.3 is 36.7 Å². The Bertz CT molecular complexity index is 4740. The van der Waals surface area contributed by atoms with Gasteiger partial charge in [-0.3, -0.25) is 19.9 Å². The van der Waals surface area contributed by atoms with E-state index in [2.05, 4.69) is 50.2 Å². The monoisotopic (exact) mass is 1660 g/mol. The zero-order chi connectivity index (χ0) is 80.5. The Morgan fingerprint density at radius 1 is 0.550 bits per heavy atom. The molecule has 36 heteroatoms. The Kier molecular flexibility index (Phi) is 36.5. The van der Waals surface area contributed by atoms with Crippen molar-refractivity contribution < 1.29 is 62.4 Å². The first-order chi connectivity index (χ1) is 53.4. The predicted octanol–water partition coefficient (Wildman–Crippen LogP) is 11.1. The molecule has 2 atom stereocenters. The van der Waals surface area contributed by atoms with Crippen LogP contribution in [0.25, 0.3) is 33.8 Å². The Morgan fingerprint density at radius 2 is 0.964 bits per heavy atom. The van der Waals surface area contributed by atoms with E-state index in [1.807, 2.05) is 101 Å². The molecule has 5 aromatic carbocycles. The van der Waals surface area contributed by atoms with Gasteiger partial charge in [0, 0.05) is 112 Å². The molecule has 3 aliphatic heterocycles. The molecule has 0 bridgehead atoms. The molecule has 111 heavy (non-hydrogen) atoms. The number of hydrogen-bond acceptors (Lipinski definition) is 25. The Hall–Kier alpha value is -9.60. The minimum absolute atomic E-state index is 0.000668. The van der Waals surface area contributed by atoms with Crippen LogP contribution in [-0.2, 0) is 39.8 Å². The maximum absolute atomic E-state index is 13.8. The standard InChI is InChI=1S/C25H27ClN4O2.C17H18ClN3O3.C13H10Cl2N2O2.C7H10Cl2N2O2.C7H8N2O4.C6H6BClO2/c1-18(2)30(17-19-8-4-3-5-9-19)24(31)21-16-27-25(29-12-14-32-15-13-29)28-23(21)20-10-6-7-11-22(20)26;1-2-24-16(22)13-11-19-17(21-7-9-23-10-8-21)20-15(13)12-5-3-4-6-14(12)18;1-2-19-12(18)9-7-16-13(15)17-11(9)8-5-3-4-6-10(8)14;1-2-13-6(12)4-3-10-7(9)11-5(4)8;1-2-13-6(11)4-3-8-7(12)9-5(4)10;8-6-4-2-1-3-5(6)7(9)10/h3-11,16,18H,12-15,17H2,1-2H3;3-6,11H,2,7-10H2,1H3;3-7H,2H2,1H3;3,5,7,10-11H,2H2,1H3;3H,2H2,1H3,(H2,8,9,10,12);1-4,9-10H. The van der Waals surface area contributed by atoms with E-state index >= 15 is 0 Å². The number of aromatic amines is 2. The number of nitrogens with zero attached hydrogens (tertiary/aromatic N) is 9. The Labute approximate surface area is 674 Å². The number of amides is 1. The van der Waals surface area contributed by atoms with Crippen LogP contribution in [0.2, 0.25) is 25.4 Å². The van der Waals surface area contributed by atoms with Crippen LogP contribution in [0.4, 0.5) is 11.9 Å². The number of carbonyl (C=O) groups is 5. The van der Waals surface area contributed by atoms with Gasteiger partial charge in [-0.05, 0) is 83.0 Å². The highest BCUT2D eigenvalue weighted by atomic mass is 35.5. The molecule has 0 radical (unpaired) electrons. The molecule has 2 fully saturated rings. The van der Waals surface area contributed by atoms with Gasteiger partial charge in [0.15, 0.2) is 5.62 Å². The lowest BCUT2D eigenvalue weighted by atomic mass is 9.80. The second-order valence-electron chi connectivity index (χ2n) is 23.3. The van der Waals surface area contributed by atoms with Crippen molar-refractivity contribution in [1.29, 1.82) is 0 Å². The van der Waals surface area contributed by atoms with E-state index in [1.165, 1.54) is 18.6 Å². The molecule has 6 N–H and O–H groups in total.